The van der Waals surface area contributed by atoms with Gasteiger partial charge in [-0.15, -0.1) is 11.3 Å². The Morgan fingerprint density at radius 1 is 1.35 bits per heavy atom. The first-order valence-corrected chi connectivity index (χ1v) is 10.7. The molecule has 0 amide bonds. The van der Waals surface area contributed by atoms with Gasteiger partial charge in [0, 0.05) is 23.0 Å². The number of carbonyl (C=O) groups is 1. The highest BCUT2D eigenvalue weighted by Crippen LogP contribution is 2.39. The molecule has 140 valence electrons. The van der Waals surface area contributed by atoms with Crippen LogP contribution in [-0.4, -0.2) is 40.0 Å². The number of rotatable bonds is 4. The Morgan fingerprint density at radius 2 is 2.08 bits per heavy atom. The summed E-state index contributed by atoms with van der Waals surface area (Å²) in [7, 11) is -0.781. The van der Waals surface area contributed by atoms with Crippen molar-refractivity contribution in [1.29, 1.82) is 0 Å². The summed E-state index contributed by atoms with van der Waals surface area (Å²) in [5.74, 6) is -0.568. The van der Waals surface area contributed by atoms with Gasteiger partial charge in [0.1, 0.15) is 9.90 Å². The standard InChI is InChI=1S/C16H16Cl2N2O4S2/c1-20-6-5-10-12(8-20)25-15(14(10)16(21)24-2)19-26(22,23)13-7-9(17)3-4-11(13)18/h3-4,7,19H,5-6,8H2,1-2H3. The van der Waals surface area contributed by atoms with Gasteiger partial charge in [-0.1, -0.05) is 23.2 Å². The van der Waals surface area contributed by atoms with Crippen molar-refractivity contribution in [3.05, 3.63) is 44.2 Å². The molecule has 1 N–H and O–H groups in total. The van der Waals surface area contributed by atoms with Gasteiger partial charge in [0.2, 0.25) is 0 Å². The van der Waals surface area contributed by atoms with E-state index in [-0.39, 0.29) is 25.5 Å². The summed E-state index contributed by atoms with van der Waals surface area (Å²) in [6.45, 7) is 1.42. The van der Waals surface area contributed by atoms with E-state index in [2.05, 4.69) is 9.62 Å². The molecule has 2 heterocycles. The van der Waals surface area contributed by atoms with E-state index in [0.717, 1.165) is 17.0 Å². The number of esters is 1. The number of hydrogen-bond acceptors (Lipinski definition) is 6. The average molecular weight is 435 g/mol. The minimum Gasteiger partial charge on any atom is -0.465 e. The lowest BCUT2D eigenvalue weighted by Gasteiger charge is -2.22. The molecule has 0 radical (unpaired) electrons. The fraction of sp³-hybridized carbons (Fsp3) is 0.312. The summed E-state index contributed by atoms with van der Waals surface area (Å²) in [5, 5.41) is 0.519. The van der Waals surface area contributed by atoms with Gasteiger partial charge in [-0.25, -0.2) is 13.2 Å². The van der Waals surface area contributed by atoms with Crippen LogP contribution in [0.15, 0.2) is 23.1 Å². The van der Waals surface area contributed by atoms with E-state index in [9.17, 15) is 13.2 Å². The zero-order valence-corrected chi connectivity index (χ0v) is 17.2. The van der Waals surface area contributed by atoms with Crippen molar-refractivity contribution in [3.63, 3.8) is 0 Å². The summed E-state index contributed by atoms with van der Waals surface area (Å²) in [4.78, 5) is 15.2. The topological polar surface area (TPSA) is 75.7 Å². The van der Waals surface area contributed by atoms with Crippen LogP contribution >= 0.6 is 34.5 Å². The van der Waals surface area contributed by atoms with Gasteiger partial charge in [0.05, 0.1) is 17.7 Å². The third-order valence-corrected chi connectivity index (χ3v) is 7.37. The lowest BCUT2D eigenvalue weighted by molar-refractivity contribution is 0.0600. The molecule has 0 spiro atoms. The molecule has 1 aliphatic heterocycles. The van der Waals surface area contributed by atoms with E-state index in [4.69, 9.17) is 27.9 Å². The highest BCUT2D eigenvalue weighted by Gasteiger charge is 2.30. The van der Waals surface area contributed by atoms with Crippen LogP contribution in [0.1, 0.15) is 20.8 Å². The van der Waals surface area contributed by atoms with Crippen LogP contribution in [-0.2, 0) is 27.7 Å². The van der Waals surface area contributed by atoms with Crippen LogP contribution in [0, 0.1) is 0 Å². The van der Waals surface area contributed by atoms with Gasteiger partial charge >= 0.3 is 5.97 Å². The fourth-order valence-corrected chi connectivity index (χ4v) is 6.17. The van der Waals surface area contributed by atoms with Crippen LogP contribution in [0.2, 0.25) is 10.0 Å². The number of benzene rings is 1. The molecule has 0 unspecified atom stereocenters. The van der Waals surface area contributed by atoms with Crippen molar-refractivity contribution in [2.75, 3.05) is 25.4 Å². The normalized spacial score (nSPS) is 14.8. The largest absolute Gasteiger partial charge is 0.465 e. The fourth-order valence-electron chi connectivity index (χ4n) is 2.78. The SMILES string of the molecule is COC(=O)c1c(NS(=O)(=O)c2cc(Cl)ccc2Cl)sc2c1CCN(C)C2. The highest BCUT2D eigenvalue weighted by molar-refractivity contribution is 7.93. The molecule has 0 aliphatic carbocycles. The van der Waals surface area contributed by atoms with E-state index >= 15 is 0 Å². The Kier molecular flexibility index (Phi) is 5.50. The van der Waals surface area contributed by atoms with Gasteiger partial charge in [-0.05, 0) is 37.2 Å². The van der Waals surface area contributed by atoms with Crippen molar-refractivity contribution in [1.82, 2.24) is 4.90 Å². The third-order valence-electron chi connectivity index (χ3n) is 4.05. The Morgan fingerprint density at radius 3 is 2.77 bits per heavy atom. The van der Waals surface area contributed by atoms with Crippen LogP contribution in [0.25, 0.3) is 0 Å². The Bertz CT molecular complexity index is 973. The summed E-state index contributed by atoms with van der Waals surface area (Å²) in [5.41, 5.74) is 1.09. The maximum absolute atomic E-state index is 12.8. The van der Waals surface area contributed by atoms with Gasteiger partial charge < -0.3 is 9.64 Å². The Balaban J connectivity index is 2.07. The number of hydrogen-bond donors (Lipinski definition) is 1. The number of thiophene rings is 1. The molecule has 1 aromatic carbocycles. The number of carbonyl (C=O) groups excluding carboxylic acids is 1. The molecule has 0 atom stereocenters. The second kappa shape index (κ2) is 7.36. The van der Waals surface area contributed by atoms with E-state index < -0.39 is 16.0 Å². The summed E-state index contributed by atoms with van der Waals surface area (Å²) >= 11 is 13.2. The molecule has 26 heavy (non-hydrogen) atoms. The molecule has 3 rings (SSSR count). The number of sulfonamides is 1. The maximum atomic E-state index is 12.8. The summed E-state index contributed by atoms with van der Waals surface area (Å²) < 4.78 is 33.0. The van der Waals surface area contributed by atoms with Crippen molar-refractivity contribution in [3.8, 4) is 0 Å². The second-order valence-electron chi connectivity index (χ2n) is 5.87. The number of ether oxygens (including phenoxy) is 1. The molecule has 0 saturated carbocycles. The smallest absolute Gasteiger partial charge is 0.341 e. The van der Waals surface area contributed by atoms with Crippen LogP contribution in [0.4, 0.5) is 5.00 Å². The highest BCUT2D eigenvalue weighted by atomic mass is 35.5. The quantitative estimate of drug-likeness (QED) is 0.743. The first-order chi connectivity index (χ1) is 12.2. The third kappa shape index (κ3) is 3.70. The van der Waals surface area contributed by atoms with E-state index in [1.54, 1.807) is 0 Å². The number of halogens is 2. The van der Waals surface area contributed by atoms with Crippen molar-refractivity contribution in [2.24, 2.45) is 0 Å². The predicted octanol–water partition coefficient (Wildman–Crippen LogP) is 3.63. The number of fused-ring (bicyclic) bond motifs is 1. The minimum absolute atomic E-state index is 0.0440. The molecular weight excluding hydrogens is 419 g/mol. The molecule has 1 aromatic heterocycles. The van der Waals surface area contributed by atoms with E-state index in [1.165, 1.54) is 36.6 Å². The van der Waals surface area contributed by atoms with Crippen molar-refractivity contribution < 1.29 is 17.9 Å². The molecule has 2 aromatic rings. The molecule has 6 nitrogen and oxygen atoms in total. The lowest BCUT2D eigenvalue weighted by Crippen LogP contribution is -2.26. The first-order valence-electron chi connectivity index (χ1n) is 7.62. The van der Waals surface area contributed by atoms with Gasteiger partial charge in [0.25, 0.3) is 10.0 Å². The summed E-state index contributed by atoms with van der Waals surface area (Å²) in [6, 6.07) is 4.18. The average Bonchev–Trinajstić information content (AvgIpc) is 2.92. The van der Waals surface area contributed by atoms with E-state index in [1.807, 2.05) is 7.05 Å². The molecule has 0 fully saturated rings. The lowest BCUT2D eigenvalue weighted by atomic mass is 10.0. The van der Waals surface area contributed by atoms with Gasteiger partial charge in [0.15, 0.2) is 0 Å². The van der Waals surface area contributed by atoms with Crippen LogP contribution < -0.4 is 4.72 Å². The minimum atomic E-state index is -4.02. The van der Waals surface area contributed by atoms with Crippen LogP contribution in [0.3, 0.4) is 0 Å². The van der Waals surface area contributed by atoms with Crippen molar-refractivity contribution >= 4 is 55.5 Å². The maximum Gasteiger partial charge on any atom is 0.341 e. The van der Waals surface area contributed by atoms with Gasteiger partial charge in [-0.3, -0.25) is 4.72 Å². The van der Waals surface area contributed by atoms with Crippen LogP contribution in [0.5, 0.6) is 0 Å². The van der Waals surface area contributed by atoms with Crippen molar-refractivity contribution in [2.45, 2.75) is 17.9 Å². The zero-order chi connectivity index (χ0) is 19.1. The summed E-state index contributed by atoms with van der Waals surface area (Å²) in [6.07, 6.45) is 0.645. The predicted molar refractivity (Wildman–Crippen MR) is 103 cm³/mol. The zero-order valence-electron chi connectivity index (χ0n) is 14.0. The molecular formula is C16H16Cl2N2O4S2. The first kappa shape index (κ1) is 19.4. The van der Waals surface area contributed by atoms with E-state index in [0.29, 0.717) is 13.0 Å². The second-order valence-corrected chi connectivity index (χ2v) is 9.47. The van der Waals surface area contributed by atoms with Gasteiger partial charge in [-0.2, -0.15) is 0 Å². The molecule has 10 heteroatoms. The Labute approximate surface area is 165 Å². The molecule has 1 aliphatic rings. The molecule has 0 saturated heterocycles. The number of nitrogens with one attached hydrogen (secondary N) is 1. The molecule has 0 bridgehead atoms. The number of nitrogens with zero attached hydrogens (tertiary/aromatic N) is 1. The Hall–Kier alpha value is -1.32. The monoisotopic (exact) mass is 434 g/mol. The number of anilines is 1. The number of methoxy groups -OCH3 is 1. The number of likely N-dealkylation sites (N-methyl/N-ethyl adjacent to an activating group) is 1.